The molecule has 0 bridgehead atoms. The first-order valence-electron chi connectivity index (χ1n) is 20.9. The number of fused-ring (bicyclic) bond motifs is 6. The molecular formula is C46H52N4O14. The average Bonchev–Trinajstić information content (AvgIpc) is 3.20. The highest BCUT2D eigenvalue weighted by molar-refractivity contribution is 6.25. The summed E-state index contributed by atoms with van der Waals surface area (Å²) >= 11 is 0. The number of benzene rings is 2. The van der Waals surface area contributed by atoms with Crippen LogP contribution in [0.25, 0.3) is 11.5 Å². The van der Waals surface area contributed by atoms with Crippen molar-refractivity contribution in [3.05, 3.63) is 92.5 Å². The maximum atomic E-state index is 13.8. The summed E-state index contributed by atoms with van der Waals surface area (Å²) in [5.41, 5.74) is 5.53. The molecule has 8 rings (SSSR count). The highest BCUT2D eigenvalue weighted by atomic mass is 16.5. The number of likely N-dealkylation sites (N-methyl/N-ethyl adjacent to an activating group) is 2. The number of Topliss-reactive ketones (excluding diaryl/α,β-unsaturated/α-hetero) is 4. The highest BCUT2D eigenvalue weighted by Gasteiger charge is 2.65. The molecule has 18 nitrogen and oxygen atoms in total. The van der Waals surface area contributed by atoms with Gasteiger partial charge in [0.15, 0.2) is 22.8 Å². The summed E-state index contributed by atoms with van der Waals surface area (Å²) in [4.78, 5) is 80.1. The number of nitrogens with zero attached hydrogens (tertiary/aromatic N) is 2. The number of phenolic OH excluding ortho intramolecular Hbond substituents is 1. The second kappa shape index (κ2) is 16.3. The van der Waals surface area contributed by atoms with Crippen molar-refractivity contribution < 1.29 is 69.2 Å². The predicted molar refractivity (Wildman–Crippen MR) is 227 cm³/mol. The summed E-state index contributed by atoms with van der Waals surface area (Å²) < 4.78 is 5.86. The molecule has 8 atom stereocenters. The number of aromatic hydroxyl groups is 1. The third kappa shape index (κ3) is 6.61. The average molecular weight is 885 g/mol. The molecule has 6 aliphatic carbocycles. The lowest BCUT2D eigenvalue weighted by atomic mass is 9.57. The van der Waals surface area contributed by atoms with Crippen LogP contribution in [-0.4, -0.2) is 139 Å². The number of ether oxygens (including phenoxy) is 1. The van der Waals surface area contributed by atoms with E-state index in [1.807, 2.05) is 19.1 Å². The van der Waals surface area contributed by atoms with Crippen LogP contribution >= 0.6 is 0 Å². The molecule has 0 spiro atoms. The molecule has 18 heteroatoms. The topological polar surface area (TPSA) is 312 Å². The lowest BCUT2D eigenvalue weighted by Crippen LogP contribution is -2.65. The molecule has 64 heavy (non-hydrogen) atoms. The van der Waals surface area contributed by atoms with Crippen LogP contribution in [0.5, 0.6) is 11.5 Å². The standard InChI is InChI=1S/C25H30N2O7.C21H22N2O7/c1-4-5-9-34-15-8-6-7-12-10-13-11-14-19(27(2)3)21(29)18(24(26)32)23(31)25(14,33)22(30)17(13)20(28)16(12)15;1-23(2)15-10-7-9-6-8-4-3-5-11(24)12(8)16(25)13(9)18(27)21(10,30)19(28)14(17(15)26)20(22)29/h6-8,13-14,19,28,31,33H,4-5,9-11H2,1-3H3,(H2,26,32);3-5,9-10,15,24-25,28,30H,6-7H2,1-2H3,(H2,22,29)/t13-,14-,19-,25-;9-,10-,15-,21-/m00/s1. The van der Waals surface area contributed by atoms with Gasteiger partial charge in [-0.3, -0.25) is 38.6 Å². The molecule has 6 aliphatic rings. The van der Waals surface area contributed by atoms with Gasteiger partial charge in [0.2, 0.25) is 11.6 Å². The van der Waals surface area contributed by atoms with Gasteiger partial charge in [0.25, 0.3) is 11.8 Å². The van der Waals surface area contributed by atoms with Crippen LogP contribution in [0, 0.1) is 23.7 Å². The minimum absolute atomic E-state index is 0.0417. The van der Waals surface area contributed by atoms with E-state index in [4.69, 9.17) is 16.2 Å². The summed E-state index contributed by atoms with van der Waals surface area (Å²) in [7, 11) is 6.30. The van der Waals surface area contributed by atoms with E-state index < -0.39 is 110 Å². The summed E-state index contributed by atoms with van der Waals surface area (Å²) in [6, 6.07) is 7.94. The van der Waals surface area contributed by atoms with Gasteiger partial charge in [-0.25, -0.2) is 0 Å². The number of hydrogen-bond donors (Lipinski definition) is 9. The number of primary amides is 2. The number of carbonyl (C=O) groups is 6. The number of hydrogen-bond acceptors (Lipinski definition) is 16. The molecule has 2 fully saturated rings. The van der Waals surface area contributed by atoms with Gasteiger partial charge in [-0.2, -0.15) is 0 Å². The minimum Gasteiger partial charge on any atom is -0.508 e. The van der Waals surface area contributed by atoms with Crippen molar-refractivity contribution in [2.75, 3.05) is 34.8 Å². The first-order valence-corrected chi connectivity index (χ1v) is 20.9. The van der Waals surface area contributed by atoms with Gasteiger partial charge in [0.05, 0.1) is 29.8 Å². The number of rotatable bonds is 8. The van der Waals surface area contributed by atoms with Gasteiger partial charge in [-0.1, -0.05) is 37.6 Å². The molecule has 340 valence electrons. The molecular weight excluding hydrogens is 833 g/mol. The van der Waals surface area contributed by atoms with E-state index >= 15 is 0 Å². The molecule has 2 aromatic rings. The number of nitrogens with two attached hydrogens (primary N) is 2. The largest absolute Gasteiger partial charge is 0.508 e. The van der Waals surface area contributed by atoms with E-state index in [1.165, 1.54) is 15.9 Å². The van der Waals surface area contributed by atoms with Crippen LogP contribution < -0.4 is 16.2 Å². The second-order valence-corrected chi connectivity index (χ2v) is 17.7. The fourth-order valence-corrected chi connectivity index (χ4v) is 10.8. The van der Waals surface area contributed by atoms with Crippen LogP contribution in [0.3, 0.4) is 0 Å². The maximum absolute atomic E-state index is 13.8. The molecule has 0 aliphatic heterocycles. The number of phenols is 1. The molecule has 11 N–H and O–H groups in total. The monoisotopic (exact) mass is 884 g/mol. The zero-order valence-corrected chi connectivity index (χ0v) is 35.9. The summed E-state index contributed by atoms with van der Waals surface area (Å²) in [5, 5.41) is 76.8. The fourth-order valence-electron chi connectivity index (χ4n) is 10.8. The zero-order valence-electron chi connectivity index (χ0n) is 35.9. The van der Waals surface area contributed by atoms with Crippen LogP contribution in [0.15, 0.2) is 70.2 Å². The van der Waals surface area contributed by atoms with E-state index in [-0.39, 0.29) is 41.1 Å². The predicted octanol–water partition coefficient (Wildman–Crippen LogP) is 1.40. The minimum atomic E-state index is -2.60. The highest BCUT2D eigenvalue weighted by Crippen LogP contribution is 2.54. The van der Waals surface area contributed by atoms with Gasteiger partial charge in [0, 0.05) is 23.0 Å². The Morgan fingerprint density at radius 2 is 1.11 bits per heavy atom. The lowest BCUT2D eigenvalue weighted by molar-refractivity contribution is -0.155. The number of aliphatic hydroxyl groups is 6. The summed E-state index contributed by atoms with van der Waals surface area (Å²) in [6.07, 6.45) is 2.64. The third-order valence-corrected chi connectivity index (χ3v) is 13.7. The van der Waals surface area contributed by atoms with Crippen molar-refractivity contribution in [3.63, 3.8) is 0 Å². The molecule has 2 saturated carbocycles. The van der Waals surface area contributed by atoms with E-state index in [0.717, 1.165) is 18.4 Å². The normalized spacial score (nSPS) is 29.6. The second-order valence-electron chi connectivity index (χ2n) is 17.7. The number of aliphatic hydroxyl groups excluding tert-OH is 4. The first kappa shape index (κ1) is 45.7. The smallest absolute Gasteiger partial charge is 0.255 e. The quantitative estimate of drug-likeness (QED) is 0.134. The Kier molecular flexibility index (Phi) is 11.7. The fraction of sp³-hybridized carbons (Fsp3) is 0.435. The summed E-state index contributed by atoms with van der Waals surface area (Å²) in [5.74, 6) is -11.8. The SMILES string of the molecule is CCCCOc1cccc2c1C(O)=C1C(=O)[C@]3(O)C(O)=C(C(N)=O)C(=O)[C@@H](N(C)C)[C@@H]3C[C@@H]1C2.CN(C)[C@@H]1C(=O)C(C(N)=O)=C(O)[C@@]2(O)C(=O)C3=C(O)c4c(O)cccc4C[C@H]3C[C@@H]12. The van der Waals surface area contributed by atoms with Gasteiger partial charge >= 0.3 is 0 Å². The van der Waals surface area contributed by atoms with Gasteiger partial charge in [-0.15, -0.1) is 0 Å². The van der Waals surface area contributed by atoms with Gasteiger partial charge in [-0.05, 0) is 95.4 Å². The van der Waals surface area contributed by atoms with Crippen molar-refractivity contribution in [2.45, 2.75) is 68.7 Å². The van der Waals surface area contributed by atoms with Crippen molar-refractivity contribution >= 4 is 46.5 Å². The van der Waals surface area contributed by atoms with Crippen molar-refractivity contribution in [2.24, 2.45) is 35.1 Å². The van der Waals surface area contributed by atoms with Gasteiger partial charge in [0.1, 0.15) is 45.7 Å². The van der Waals surface area contributed by atoms with E-state index in [0.29, 0.717) is 36.3 Å². The molecule has 0 heterocycles. The number of ketones is 4. The van der Waals surface area contributed by atoms with Crippen LogP contribution in [-0.2, 0) is 41.6 Å². The number of amides is 2. The van der Waals surface area contributed by atoms with E-state index in [1.54, 1.807) is 46.4 Å². The van der Waals surface area contributed by atoms with Crippen LogP contribution in [0.2, 0.25) is 0 Å². The lowest BCUT2D eigenvalue weighted by Gasteiger charge is -2.50. The van der Waals surface area contributed by atoms with Gasteiger partial charge < -0.3 is 51.9 Å². The zero-order chi connectivity index (χ0) is 47.1. The first-order chi connectivity index (χ1) is 30.1. The maximum Gasteiger partial charge on any atom is 0.255 e. The van der Waals surface area contributed by atoms with E-state index in [9.17, 15) is 64.5 Å². The van der Waals surface area contributed by atoms with E-state index in [2.05, 4.69) is 0 Å². The Morgan fingerprint density at radius 3 is 1.53 bits per heavy atom. The van der Waals surface area contributed by atoms with Crippen LogP contribution in [0.1, 0.15) is 54.9 Å². The molecule has 0 saturated heterocycles. The number of unbranched alkanes of at least 4 members (excludes halogenated alkanes) is 1. The summed E-state index contributed by atoms with van der Waals surface area (Å²) in [6.45, 7) is 2.47. The van der Waals surface area contributed by atoms with Crippen molar-refractivity contribution in [1.82, 2.24) is 9.80 Å². The number of carbonyl (C=O) groups excluding carboxylic acids is 6. The molecule has 0 unspecified atom stereocenters. The van der Waals surface area contributed by atoms with Crippen molar-refractivity contribution in [3.8, 4) is 11.5 Å². The molecule has 0 aromatic heterocycles. The molecule has 2 aromatic carbocycles. The molecule has 0 radical (unpaired) electrons. The Balaban J connectivity index is 0.000000193. The Labute approximate surface area is 367 Å². The van der Waals surface area contributed by atoms with Crippen LogP contribution in [0.4, 0.5) is 0 Å². The third-order valence-electron chi connectivity index (χ3n) is 13.7. The Hall–Kier alpha value is -6.34. The Bertz CT molecular complexity index is 2550. The molecule has 2 amide bonds. The Morgan fingerprint density at radius 1 is 0.688 bits per heavy atom. The van der Waals surface area contributed by atoms with Crippen molar-refractivity contribution in [1.29, 1.82) is 0 Å².